The van der Waals surface area contributed by atoms with Gasteiger partial charge in [-0.3, -0.25) is 4.98 Å². The second-order valence-electron chi connectivity index (χ2n) is 4.05. The summed E-state index contributed by atoms with van der Waals surface area (Å²) in [5.41, 5.74) is 1.35. The summed E-state index contributed by atoms with van der Waals surface area (Å²) in [6.07, 6.45) is 1.82. The van der Waals surface area contributed by atoms with Crippen LogP contribution in [-0.2, 0) is 4.74 Å². The first-order chi connectivity index (χ1) is 9.13. The number of aromatic nitrogens is 1. The molecular weight excluding hydrogens is 285 g/mol. The van der Waals surface area contributed by atoms with Crippen molar-refractivity contribution in [2.24, 2.45) is 0 Å². The normalized spacial score (nSPS) is 14.1. The molecule has 0 radical (unpaired) electrons. The second-order valence-corrected chi connectivity index (χ2v) is 4.90. The zero-order valence-corrected chi connectivity index (χ0v) is 11.8. The minimum Gasteiger partial charge on any atom is -0.385 e. The molecule has 1 aromatic carbocycles. The van der Waals surface area contributed by atoms with E-state index in [1.54, 1.807) is 42.7 Å². The van der Waals surface area contributed by atoms with E-state index in [9.17, 15) is 5.11 Å². The fourth-order valence-electron chi connectivity index (χ4n) is 1.88. The molecule has 1 aromatic heterocycles. The minimum atomic E-state index is -0.850. The molecule has 5 heteroatoms. The average molecular weight is 298 g/mol. The van der Waals surface area contributed by atoms with Crippen LogP contribution in [0.1, 0.15) is 23.3 Å². The second kappa shape index (κ2) is 6.35. The Hall–Kier alpha value is -1.13. The highest BCUT2D eigenvalue weighted by Crippen LogP contribution is 2.36. The smallest absolute Gasteiger partial charge is 0.114 e. The Kier molecular flexibility index (Phi) is 4.77. The van der Waals surface area contributed by atoms with E-state index in [2.05, 4.69) is 4.98 Å². The summed E-state index contributed by atoms with van der Waals surface area (Å²) in [6.45, 7) is 0. The molecule has 2 rings (SSSR count). The molecular formula is C14H13Cl2NO2. The Morgan fingerprint density at radius 1 is 1.26 bits per heavy atom. The molecule has 0 saturated carbocycles. The summed E-state index contributed by atoms with van der Waals surface area (Å²) >= 11 is 12.0. The van der Waals surface area contributed by atoms with Gasteiger partial charge in [0, 0.05) is 40.7 Å². The van der Waals surface area contributed by atoms with Crippen LogP contribution in [0.5, 0.6) is 0 Å². The first kappa shape index (κ1) is 14.3. The molecule has 2 atom stereocenters. The van der Waals surface area contributed by atoms with Crippen molar-refractivity contribution in [3.8, 4) is 0 Å². The van der Waals surface area contributed by atoms with E-state index in [4.69, 9.17) is 27.9 Å². The fraction of sp³-hybridized carbons (Fsp3) is 0.214. The van der Waals surface area contributed by atoms with Gasteiger partial charge < -0.3 is 9.84 Å². The summed E-state index contributed by atoms with van der Waals surface area (Å²) in [6, 6.07) is 8.63. The largest absolute Gasteiger partial charge is 0.385 e. The van der Waals surface area contributed by atoms with Crippen molar-refractivity contribution in [1.82, 2.24) is 4.98 Å². The number of nitrogens with zero attached hydrogens (tertiary/aromatic N) is 1. The molecule has 1 heterocycles. The molecule has 0 aliphatic rings. The van der Waals surface area contributed by atoms with Gasteiger partial charge in [-0.2, -0.15) is 0 Å². The van der Waals surface area contributed by atoms with Gasteiger partial charge in [-0.15, -0.1) is 0 Å². The van der Waals surface area contributed by atoms with Crippen LogP contribution in [0, 0.1) is 0 Å². The Morgan fingerprint density at radius 2 is 2.05 bits per heavy atom. The highest BCUT2D eigenvalue weighted by Gasteiger charge is 2.24. The SMILES string of the molecule is COC(c1ccc(Cl)cc1Cl)C(O)c1cccnc1. The van der Waals surface area contributed by atoms with E-state index in [0.717, 1.165) is 0 Å². The van der Waals surface area contributed by atoms with Crippen LogP contribution in [0.4, 0.5) is 0 Å². The maximum absolute atomic E-state index is 10.4. The van der Waals surface area contributed by atoms with Gasteiger partial charge in [0.25, 0.3) is 0 Å². The van der Waals surface area contributed by atoms with Crippen molar-refractivity contribution in [1.29, 1.82) is 0 Å². The number of benzene rings is 1. The lowest BCUT2D eigenvalue weighted by Crippen LogP contribution is -2.13. The number of aliphatic hydroxyl groups is 1. The van der Waals surface area contributed by atoms with Crippen molar-refractivity contribution in [3.05, 3.63) is 63.9 Å². The number of hydrogen-bond acceptors (Lipinski definition) is 3. The van der Waals surface area contributed by atoms with Crippen LogP contribution < -0.4 is 0 Å². The van der Waals surface area contributed by atoms with Crippen molar-refractivity contribution in [3.63, 3.8) is 0 Å². The molecule has 2 aromatic rings. The Labute approximate surface area is 121 Å². The molecule has 2 unspecified atom stereocenters. The summed E-state index contributed by atoms with van der Waals surface area (Å²) in [4.78, 5) is 3.98. The van der Waals surface area contributed by atoms with Gasteiger partial charge in [-0.05, 0) is 18.2 Å². The van der Waals surface area contributed by atoms with E-state index in [1.165, 1.54) is 7.11 Å². The summed E-state index contributed by atoms with van der Waals surface area (Å²) in [7, 11) is 1.52. The first-order valence-electron chi connectivity index (χ1n) is 5.69. The number of rotatable bonds is 4. The minimum absolute atomic E-state index is 0.460. The molecule has 0 saturated heterocycles. The van der Waals surface area contributed by atoms with Crippen LogP contribution in [-0.4, -0.2) is 17.2 Å². The zero-order valence-electron chi connectivity index (χ0n) is 10.3. The first-order valence-corrected chi connectivity index (χ1v) is 6.45. The van der Waals surface area contributed by atoms with Crippen LogP contribution >= 0.6 is 23.2 Å². The third-order valence-electron chi connectivity index (χ3n) is 2.84. The lowest BCUT2D eigenvalue weighted by atomic mass is 9.99. The van der Waals surface area contributed by atoms with Gasteiger partial charge in [0.05, 0.1) is 0 Å². The van der Waals surface area contributed by atoms with E-state index in [0.29, 0.717) is 21.2 Å². The number of halogens is 2. The van der Waals surface area contributed by atoms with Gasteiger partial charge in [0.15, 0.2) is 0 Å². The molecule has 100 valence electrons. The molecule has 0 bridgehead atoms. The highest BCUT2D eigenvalue weighted by atomic mass is 35.5. The molecule has 1 N–H and O–H groups in total. The van der Waals surface area contributed by atoms with E-state index in [-0.39, 0.29) is 0 Å². The number of ether oxygens (including phenoxy) is 1. The number of methoxy groups -OCH3 is 1. The summed E-state index contributed by atoms with van der Waals surface area (Å²) < 4.78 is 5.37. The third kappa shape index (κ3) is 3.25. The van der Waals surface area contributed by atoms with Crippen molar-refractivity contribution in [2.75, 3.05) is 7.11 Å². The van der Waals surface area contributed by atoms with E-state index >= 15 is 0 Å². The standard InChI is InChI=1S/C14H13Cl2NO2/c1-19-14(11-5-4-10(15)7-12(11)16)13(18)9-3-2-6-17-8-9/h2-8,13-14,18H,1H3. The van der Waals surface area contributed by atoms with Gasteiger partial charge in [0.1, 0.15) is 12.2 Å². The number of hydrogen-bond donors (Lipinski definition) is 1. The Balaban J connectivity index is 2.34. The number of aliphatic hydroxyl groups excluding tert-OH is 1. The molecule has 0 aliphatic heterocycles. The maximum atomic E-state index is 10.4. The number of pyridine rings is 1. The van der Waals surface area contributed by atoms with Crippen LogP contribution in [0.3, 0.4) is 0 Å². The topological polar surface area (TPSA) is 42.4 Å². The average Bonchev–Trinajstić information content (AvgIpc) is 2.42. The van der Waals surface area contributed by atoms with Gasteiger partial charge in [0.2, 0.25) is 0 Å². The Bertz CT molecular complexity index is 548. The highest BCUT2D eigenvalue weighted by molar-refractivity contribution is 6.35. The molecule has 0 aliphatic carbocycles. The fourth-order valence-corrected chi connectivity index (χ4v) is 2.40. The Morgan fingerprint density at radius 3 is 2.63 bits per heavy atom. The lowest BCUT2D eigenvalue weighted by Gasteiger charge is -2.23. The van der Waals surface area contributed by atoms with Crippen molar-refractivity contribution >= 4 is 23.2 Å². The van der Waals surface area contributed by atoms with Gasteiger partial charge >= 0.3 is 0 Å². The van der Waals surface area contributed by atoms with E-state index < -0.39 is 12.2 Å². The van der Waals surface area contributed by atoms with Crippen LogP contribution in [0.25, 0.3) is 0 Å². The van der Waals surface area contributed by atoms with Crippen molar-refractivity contribution < 1.29 is 9.84 Å². The maximum Gasteiger partial charge on any atom is 0.114 e. The van der Waals surface area contributed by atoms with E-state index in [1.807, 2.05) is 0 Å². The third-order valence-corrected chi connectivity index (χ3v) is 3.40. The predicted molar refractivity (Wildman–Crippen MR) is 75.4 cm³/mol. The van der Waals surface area contributed by atoms with Crippen LogP contribution in [0.15, 0.2) is 42.7 Å². The molecule has 0 spiro atoms. The summed E-state index contributed by atoms with van der Waals surface area (Å²) in [5, 5.41) is 11.4. The van der Waals surface area contributed by atoms with Crippen LogP contribution in [0.2, 0.25) is 10.0 Å². The zero-order chi connectivity index (χ0) is 13.8. The quantitative estimate of drug-likeness (QED) is 0.933. The molecule has 3 nitrogen and oxygen atoms in total. The van der Waals surface area contributed by atoms with Gasteiger partial charge in [-0.1, -0.05) is 35.3 Å². The summed E-state index contributed by atoms with van der Waals surface area (Å²) in [5.74, 6) is 0. The lowest BCUT2D eigenvalue weighted by molar-refractivity contribution is -0.0150. The van der Waals surface area contributed by atoms with Gasteiger partial charge in [-0.25, -0.2) is 0 Å². The van der Waals surface area contributed by atoms with Crippen molar-refractivity contribution in [2.45, 2.75) is 12.2 Å². The molecule has 0 amide bonds. The molecule has 0 fully saturated rings. The predicted octanol–water partition coefficient (Wildman–Crippen LogP) is 3.81. The molecule has 19 heavy (non-hydrogen) atoms. The monoisotopic (exact) mass is 297 g/mol.